The van der Waals surface area contributed by atoms with Crippen molar-refractivity contribution in [1.29, 1.82) is 5.26 Å². The molecule has 0 amide bonds. The molecule has 4 nitrogen and oxygen atoms in total. The Kier molecular flexibility index (Phi) is 6.20. The van der Waals surface area contributed by atoms with Gasteiger partial charge in [-0.15, -0.1) is 0 Å². The Hall–Kier alpha value is -1.57. The third-order valence-electron chi connectivity index (χ3n) is 2.75. The topological polar surface area (TPSA) is 56.5 Å². The Morgan fingerprint density at radius 3 is 2.72 bits per heavy atom. The van der Waals surface area contributed by atoms with E-state index < -0.39 is 0 Å². The van der Waals surface area contributed by atoms with Crippen LogP contribution >= 0.6 is 0 Å². The highest BCUT2D eigenvalue weighted by atomic mass is 16.5. The molecule has 0 heterocycles. The molecule has 0 saturated carbocycles. The minimum Gasteiger partial charge on any atom is -0.495 e. The van der Waals surface area contributed by atoms with Gasteiger partial charge in [-0.05, 0) is 30.7 Å². The minimum atomic E-state index is 0.154. The molecule has 18 heavy (non-hydrogen) atoms. The van der Waals surface area contributed by atoms with Crippen molar-refractivity contribution in [2.75, 3.05) is 26.8 Å². The van der Waals surface area contributed by atoms with Crippen molar-refractivity contribution in [2.45, 2.75) is 19.9 Å². The fourth-order valence-electron chi connectivity index (χ4n) is 1.93. The first-order valence-electron chi connectivity index (χ1n) is 6.15. The molecule has 98 valence electrons. The summed E-state index contributed by atoms with van der Waals surface area (Å²) >= 11 is 0. The highest BCUT2D eigenvalue weighted by molar-refractivity contribution is 5.45. The Bertz CT molecular complexity index is 407. The third-order valence-corrected chi connectivity index (χ3v) is 2.75. The van der Waals surface area contributed by atoms with Gasteiger partial charge < -0.3 is 9.84 Å². The van der Waals surface area contributed by atoms with E-state index in [1.54, 1.807) is 7.11 Å². The summed E-state index contributed by atoms with van der Waals surface area (Å²) < 4.78 is 5.12. The largest absolute Gasteiger partial charge is 0.495 e. The molecule has 1 aromatic carbocycles. The minimum absolute atomic E-state index is 0.154. The van der Waals surface area contributed by atoms with Crippen molar-refractivity contribution in [2.24, 2.45) is 0 Å². The van der Waals surface area contributed by atoms with E-state index in [2.05, 4.69) is 17.9 Å². The van der Waals surface area contributed by atoms with Crippen molar-refractivity contribution in [3.63, 3.8) is 0 Å². The molecule has 0 bridgehead atoms. The van der Waals surface area contributed by atoms with Crippen LogP contribution in [0.1, 0.15) is 24.5 Å². The lowest BCUT2D eigenvalue weighted by Gasteiger charge is -2.20. The highest BCUT2D eigenvalue weighted by Gasteiger charge is 2.07. The predicted octanol–water partition coefficient (Wildman–Crippen LogP) is 1.77. The van der Waals surface area contributed by atoms with Crippen LogP contribution in [0.25, 0.3) is 0 Å². The van der Waals surface area contributed by atoms with Gasteiger partial charge in [-0.1, -0.05) is 13.0 Å². The first kappa shape index (κ1) is 14.5. The summed E-state index contributed by atoms with van der Waals surface area (Å²) in [4.78, 5) is 2.17. The molecule has 0 radical (unpaired) electrons. The Balaban J connectivity index is 2.80. The molecule has 0 aliphatic heterocycles. The lowest BCUT2D eigenvalue weighted by atomic mass is 10.1. The van der Waals surface area contributed by atoms with Crippen LogP contribution in [-0.4, -0.2) is 36.8 Å². The van der Waals surface area contributed by atoms with Gasteiger partial charge in [0.25, 0.3) is 0 Å². The van der Waals surface area contributed by atoms with Crippen LogP contribution < -0.4 is 4.74 Å². The van der Waals surface area contributed by atoms with Gasteiger partial charge >= 0.3 is 0 Å². The number of aliphatic hydroxyl groups excluding tert-OH is 1. The summed E-state index contributed by atoms with van der Waals surface area (Å²) in [6, 6.07) is 7.75. The molecule has 0 unspecified atom stereocenters. The fourth-order valence-corrected chi connectivity index (χ4v) is 1.93. The number of aliphatic hydroxyl groups is 1. The monoisotopic (exact) mass is 248 g/mol. The van der Waals surface area contributed by atoms with Crippen molar-refractivity contribution in [3.8, 4) is 11.8 Å². The van der Waals surface area contributed by atoms with Crippen LogP contribution in [0.2, 0.25) is 0 Å². The van der Waals surface area contributed by atoms with Crippen LogP contribution in [0.15, 0.2) is 18.2 Å². The number of hydrogen-bond donors (Lipinski definition) is 1. The Morgan fingerprint density at radius 2 is 2.17 bits per heavy atom. The van der Waals surface area contributed by atoms with E-state index in [1.165, 1.54) is 0 Å². The maximum absolute atomic E-state index is 9.03. The summed E-state index contributed by atoms with van der Waals surface area (Å²) in [5, 5.41) is 18.0. The van der Waals surface area contributed by atoms with Gasteiger partial charge in [0.05, 0.1) is 19.3 Å². The maximum atomic E-state index is 9.03. The molecule has 1 rings (SSSR count). The second kappa shape index (κ2) is 7.70. The van der Waals surface area contributed by atoms with Crippen LogP contribution in [0.3, 0.4) is 0 Å². The number of methoxy groups -OCH3 is 1. The van der Waals surface area contributed by atoms with Gasteiger partial charge in [0.2, 0.25) is 0 Å². The molecular formula is C14H20N2O2. The highest BCUT2D eigenvalue weighted by Crippen LogP contribution is 2.19. The predicted molar refractivity (Wildman–Crippen MR) is 70.4 cm³/mol. The van der Waals surface area contributed by atoms with E-state index in [1.807, 2.05) is 18.2 Å². The zero-order valence-corrected chi connectivity index (χ0v) is 11.0. The molecule has 4 heteroatoms. The third kappa shape index (κ3) is 4.02. The molecule has 0 atom stereocenters. The van der Waals surface area contributed by atoms with Gasteiger partial charge in [-0.2, -0.15) is 5.26 Å². The lowest BCUT2D eigenvalue weighted by Crippen LogP contribution is -2.27. The molecule has 0 aliphatic rings. The van der Waals surface area contributed by atoms with Crippen LogP contribution in [-0.2, 0) is 6.54 Å². The average molecular weight is 248 g/mol. The SMILES string of the molecule is CCCN(CCO)Cc1ccc(OC)c(C#N)c1. The van der Waals surface area contributed by atoms with Gasteiger partial charge in [-0.25, -0.2) is 0 Å². The zero-order chi connectivity index (χ0) is 13.4. The molecule has 1 N–H and O–H groups in total. The van der Waals surface area contributed by atoms with Gasteiger partial charge in [0, 0.05) is 13.1 Å². The quantitative estimate of drug-likeness (QED) is 0.799. The normalized spacial score (nSPS) is 10.4. The van der Waals surface area contributed by atoms with Crippen molar-refractivity contribution in [3.05, 3.63) is 29.3 Å². The van der Waals surface area contributed by atoms with E-state index in [4.69, 9.17) is 15.1 Å². The number of nitrogens with zero attached hydrogens (tertiary/aromatic N) is 2. The second-order valence-corrected chi connectivity index (χ2v) is 4.15. The number of rotatable bonds is 7. The summed E-state index contributed by atoms with van der Waals surface area (Å²) in [5.74, 6) is 0.602. The molecule has 0 saturated heterocycles. The van der Waals surface area contributed by atoms with E-state index in [9.17, 15) is 0 Å². The first-order valence-corrected chi connectivity index (χ1v) is 6.15. The second-order valence-electron chi connectivity index (χ2n) is 4.15. The fraction of sp³-hybridized carbons (Fsp3) is 0.500. The molecule has 0 aromatic heterocycles. The van der Waals surface area contributed by atoms with Gasteiger partial charge in [0.1, 0.15) is 11.8 Å². The molecule has 0 aliphatic carbocycles. The molecule has 0 spiro atoms. The zero-order valence-electron chi connectivity index (χ0n) is 11.0. The van der Waals surface area contributed by atoms with Crippen LogP contribution in [0.4, 0.5) is 0 Å². The molecular weight excluding hydrogens is 228 g/mol. The van der Waals surface area contributed by atoms with Crippen LogP contribution in [0, 0.1) is 11.3 Å². The van der Waals surface area contributed by atoms with E-state index in [0.717, 1.165) is 25.1 Å². The number of hydrogen-bond acceptors (Lipinski definition) is 4. The summed E-state index contributed by atoms with van der Waals surface area (Å²) in [7, 11) is 1.56. The van der Waals surface area contributed by atoms with E-state index in [-0.39, 0.29) is 6.61 Å². The summed E-state index contributed by atoms with van der Waals surface area (Å²) in [5.41, 5.74) is 1.62. The Morgan fingerprint density at radius 1 is 1.39 bits per heavy atom. The Labute approximate surface area is 108 Å². The van der Waals surface area contributed by atoms with E-state index in [0.29, 0.717) is 17.9 Å². The number of nitriles is 1. The van der Waals surface area contributed by atoms with Gasteiger partial charge in [-0.3, -0.25) is 4.90 Å². The number of ether oxygens (including phenoxy) is 1. The maximum Gasteiger partial charge on any atom is 0.136 e. The van der Waals surface area contributed by atoms with Crippen molar-refractivity contribution >= 4 is 0 Å². The lowest BCUT2D eigenvalue weighted by molar-refractivity contribution is 0.190. The molecule has 1 aromatic rings. The molecule has 0 fully saturated rings. The van der Waals surface area contributed by atoms with Crippen molar-refractivity contribution < 1.29 is 9.84 Å². The first-order chi connectivity index (χ1) is 8.74. The standard InChI is InChI=1S/C14H20N2O2/c1-3-6-16(7-8-17)11-12-4-5-14(18-2)13(9-12)10-15/h4-5,9,17H,3,6-8,11H2,1-2H3. The number of benzene rings is 1. The smallest absolute Gasteiger partial charge is 0.136 e. The van der Waals surface area contributed by atoms with Crippen molar-refractivity contribution in [1.82, 2.24) is 4.90 Å². The van der Waals surface area contributed by atoms with Gasteiger partial charge in [0.15, 0.2) is 0 Å². The van der Waals surface area contributed by atoms with Crippen LogP contribution in [0.5, 0.6) is 5.75 Å². The summed E-state index contributed by atoms with van der Waals surface area (Å²) in [6.45, 7) is 4.60. The van der Waals surface area contributed by atoms with E-state index >= 15 is 0 Å². The summed E-state index contributed by atoms with van der Waals surface area (Å²) in [6.07, 6.45) is 1.04. The average Bonchev–Trinajstić information content (AvgIpc) is 2.39.